The number of rotatable bonds is 5. The second kappa shape index (κ2) is 6.54. The van der Waals surface area contributed by atoms with Crippen LogP contribution in [0.4, 0.5) is 0 Å². The number of benzene rings is 1. The van der Waals surface area contributed by atoms with Gasteiger partial charge in [-0.1, -0.05) is 18.2 Å². The fourth-order valence-corrected chi connectivity index (χ4v) is 1.61. The average molecular weight is 287 g/mol. The Morgan fingerprint density at radius 1 is 1.14 bits per heavy atom. The quantitative estimate of drug-likeness (QED) is 0.838. The Kier molecular flexibility index (Phi) is 4.53. The van der Waals surface area contributed by atoms with Crippen molar-refractivity contribution in [2.45, 2.75) is 6.10 Å². The summed E-state index contributed by atoms with van der Waals surface area (Å²) in [5.74, 6) is 0.826. The summed E-state index contributed by atoms with van der Waals surface area (Å²) in [5.41, 5.74) is 0.324. The maximum absolute atomic E-state index is 9.66. The van der Waals surface area contributed by atoms with Crippen molar-refractivity contribution in [3.05, 3.63) is 35.9 Å². The van der Waals surface area contributed by atoms with Gasteiger partial charge in [-0.2, -0.15) is 15.2 Å². The van der Waals surface area contributed by atoms with Gasteiger partial charge in [0.2, 0.25) is 11.8 Å². The van der Waals surface area contributed by atoms with Gasteiger partial charge in [-0.3, -0.25) is 0 Å². The summed E-state index contributed by atoms with van der Waals surface area (Å²) in [4.78, 5) is 8.04. The third-order valence-electron chi connectivity index (χ3n) is 2.61. The number of hydrogen-bond donors (Lipinski definition) is 1. The molecule has 21 heavy (non-hydrogen) atoms. The van der Waals surface area contributed by atoms with E-state index in [-0.39, 0.29) is 23.5 Å². The van der Waals surface area contributed by atoms with Crippen molar-refractivity contribution in [3.63, 3.8) is 0 Å². The van der Waals surface area contributed by atoms with Crippen LogP contribution in [0.1, 0.15) is 11.7 Å². The van der Waals surface area contributed by atoms with E-state index in [2.05, 4.69) is 9.97 Å². The summed E-state index contributed by atoms with van der Waals surface area (Å²) >= 11 is 0. The van der Waals surface area contributed by atoms with E-state index >= 15 is 0 Å². The Hall–Kier alpha value is -2.85. The van der Waals surface area contributed by atoms with Crippen LogP contribution in [0, 0.1) is 11.3 Å². The minimum Gasteiger partial charge on any atom is -0.481 e. The normalized spacial score (nSPS) is 11.3. The number of ether oxygens (including phenoxy) is 3. The number of aliphatic hydroxyl groups excluding tert-OH is 1. The van der Waals surface area contributed by atoms with Crippen LogP contribution in [-0.2, 0) is 0 Å². The molecule has 0 aliphatic heterocycles. The van der Waals surface area contributed by atoms with Gasteiger partial charge in [0.05, 0.1) is 26.4 Å². The van der Waals surface area contributed by atoms with Crippen molar-refractivity contribution in [2.24, 2.45) is 0 Å². The first-order chi connectivity index (χ1) is 10.2. The zero-order valence-electron chi connectivity index (χ0n) is 11.5. The summed E-state index contributed by atoms with van der Waals surface area (Å²) in [6.45, 7) is 0. The van der Waals surface area contributed by atoms with Crippen LogP contribution in [0.25, 0.3) is 0 Å². The monoisotopic (exact) mass is 287 g/mol. The zero-order chi connectivity index (χ0) is 15.2. The summed E-state index contributed by atoms with van der Waals surface area (Å²) in [6.07, 6.45) is -1.30. The summed E-state index contributed by atoms with van der Waals surface area (Å²) < 4.78 is 15.6. The molecule has 2 rings (SSSR count). The predicted molar refractivity (Wildman–Crippen MR) is 72.2 cm³/mol. The first-order valence-corrected chi connectivity index (χ1v) is 5.99. The SMILES string of the molecule is COc1cc(OC)nc(Oc2ccccc2C(O)C#N)n1. The molecular formula is C14H13N3O4. The highest BCUT2D eigenvalue weighted by Crippen LogP contribution is 2.29. The number of aromatic nitrogens is 2. The molecule has 0 saturated heterocycles. The van der Waals surface area contributed by atoms with Crippen LogP contribution >= 0.6 is 0 Å². The minimum absolute atomic E-state index is 0.0104. The Morgan fingerprint density at radius 2 is 1.76 bits per heavy atom. The topological polar surface area (TPSA) is 97.5 Å². The highest BCUT2D eigenvalue weighted by molar-refractivity contribution is 5.39. The van der Waals surface area contributed by atoms with E-state index in [1.54, 1.807) is 30.3 Å². The maximum Gasteiger partial charge on any atom is 0.328 e. The Morgan fingerprint density at radius 3 is 2.33 bits per heavy atom. The van der Waals surface area contributed by atoms with Crippen LogP contribution < -0.4 is 14.2 Å². The molecule has 1 heterocycles. The van der Waals surface area contributed by atoms with Gasteiger partial charge in [0.15, 0.2) is 6.10 Å². The molecule has 0 amide bonds. The van der Waals surface area contributed by atoms with E-state index in [9.17, 15) is 5.11 Å². The molecular weight excluding hydrogens is 274 g/mol. The van der Waals surface area contributed by atoms with Crippen molar-refractivity contribution in [2.75, 3.05) is 14.2 Å². The molecule has 1 aromatic carbocycles. The Bertz CT molecular complexity index is 647. The lowest BCUT2D eigenvalue weighted by Crippen LogP contribution is -2.01. The lowest BCUT2D eigenvalue weighted by atomic mass is 10.1. The number of nitrogens with zero attached hydrogens (tertiary/aromatic N) is 3. The first-order valence-electron chi connectivity index (χ1n) is 5.99. The summed E-state index contributed by atoms with van der Waals surface area (Å²) in [6, 6.07) is 9.82. The average Bonchev–Trinajstić information content (AvgIpc) is 2.54. The van der Waals surface area contributed by atoms with E-state index in [0.29, 0.717) is 5.56 Å². The second-order valence-corrected chi connectivity index (χ2v) is 3.91. The van der Waals surface area contributed by atoms with Crippen LogP contribution in [0.15, 0.2) is 30.3 Å². The molecule has 0 aliphatic carbocycles. The fourth-order valence-electron chi connectivity index (χ4n) is 1.61. The highest BCUT2D eigenvalue weighted by atomic mass is 16.5. The second-order valence-electron chi connectivity index (χ2n) is 3.91. The van der Waals surface area contributed by atoms with Gasteiger partial charge in [-0.05, 0) is 6.07 Å². The summed E-state index contributed by atoms with van der Waals surface area (Å²) in [5, 5.41) is 18.5. The van der Waals surface area contributed by atoms with Crippen molar-refractivity contribution in [3.8, 4) is 29.6 Å². The standard InChI is InChI=1S/C14H13N3O4/c1-19-12-7-13(20-2)17-14(16-12)21-11-6-4-3-5-9(11)10(18)8-15/h3-7,10,18H,1-2H3. The van der Waals surface area contributed by atoms with E-state index < -0.39 is 6.10 Å². The van der Waals surface area contributed by atoms with Gasteiger partial charge in [-0.25, -0.2) is 0 Å². The van der Waals surface area contributed by atoms with Crippen LogP contribution in [-0.4, -0.2) is 29.3 Å². The molecule has 1 atom stereocenters. The number of aliphatic hydroxyl groups is 1. The first kappa shape index (κ1) is 14.6. The molecule has 0 saturated carbocycles. The molecule has 0 aliphatic rings. The lowest BCUT2D eigenvalue weighted by Gasteiger charge is -2.11. The largest absolute Gasteiger partial charge is 0.481 e. The minimum atomic E-state index is -1.30. The van der Waals surface area contributed by atoms with Crippen LogP contribution in [0.2, 0.25) is 0 Å². The highest BCUT2D eigenvalue weighted by Gasteiger charge is 2.15. The molecule has 2 aromatic rings. The molecule has 0 bridgehead atoms. The Labute approximate surface area is 121 Å². The van der Waals surface area contributed by atoms with Gasteiger partial charge in [0.1, 0.15) is 5.75 Å². The number of nitriles is 1. The van der Waals surface area contributed by atoms with Gasteiger partial charge < -0.3 is 19.3 Å². The van der Waals surface area contributed by atoms with Crippen molar-refractivity contribution in [1.82, 2.24) is 9.97 Å². The van der Waals surface area contributed by atoms with E-state index in [1.165, 1.54) is 20.3 Å². The van der Waals surface area contributed by atoms with Crippen molar-refractivity contribution >= 4 is 0 Å². The maximum atomic E-state index is 9.66. The smallest absolute Gasteiger partial charge is 0.328 e. The van der Waals surface area contributed by atoms with E-state index in [0.717, 1.165) is 0 Å². The number of hydrogen-bond acceptors (Lipinski definition) is 7. The van der Waals surface area contributed by atoms with Crippen molar-refractivity contribution in [1.29, 1.82) is 5.26 Å². The molecule has 1 unspecified atom stereocenters. The molecule has 1 aromatic heterocycles. The molecule has 7 nitrogen and oxygen atoms in total. The number of methoxy groups -OCH3 is 2. The van der Waals surface area contributed by atoms with Gasteiger partial charge >= 0.3 is 6.01 Å². The third-order valence-corrected chi connectivity index (χ3v) is 2.61. The van der Waals surface area contributed by atoms with Gasteiger partial charge in [0, 0.05) is 5.56 Å². The number of para-hydroxylation sites is 1. The van der Waals surface area contributed by atoms with Crippen LogP contribution in [0.5, 0.6) is 23.5 Å². The molecule has 0 radical (unpaired) electrons. The van der Waals surface area contributed by atoms with Gasteiger partial charge in [0.25, 0.3) is 0 Å². The third kappa shape index (κ3) is 3.38. The summed E-state index contributed by atoms with van der Waals surface area (Å²) in [7, 11) is 2.91. The molecule has 1 N–H and O–H groups in total. The lowest BCUT2D eigenvalue weighted by molar-refractivity contribution is 0.230. The van der Waals surface area contributed by atoms with Crippen molar-refractivity contribution < 1.29 is 19.3 Å². The molecule has 0 spiro atoms. The van der Waals surface area contributed by atoms with Gasteiger partial charge in [-0.15, -0.1) is 0 Å². The zero-order valence-corrected chi connectivity index (χ0v) is 11.5. The molecule has 0 fully saturated rings. The fraction of sp³-hybridized carbons (Fsp3) is 0.214. The predicted octanol–water partition coefficient (Wildman–Crippen LogP) is 1.84. The molecule has 108 valence electrons. The van der Waals surface area contributed by atoms with Crippen LogP contribution in [0.3, 0.4) is 0 Å². The molecule has 7 heteroatoms. The Balaban J connectivity index is 2.36. The van der Waals surface area contributed by atoms with E-state index in [4.69, 9.17) is 19.5 Å². The van der Waals surface area contributed by atoms with E-state index in [1.807, 2.05) is 0 Å².